The fraction of sp³-hybridized carbons (Fsp3) is 0.636. The first-order valence-corrected chi connectivity index (χ1v) is 5.61. The van der Waals surface area contributed by atoms with Gasteiger partial charge in [-0.05, 0) is 25.0 Å². The zero-order valence-electron chi connectivity index (χ0n) is 8.95. The van der Waals surface area contributed by atoms with Crippen molar-refractivity contribution in [1.82, 2.24) is 10.2 Å². The number of aromatic nitrogens is 2. The zero-order valence-corrected chi connectivity index (χ0v) is 8.95. The molecule has 0 atom stereocenters. The lowest BCUT2D eigenvalue weighted by Crippen LogP contribution is -2.47. The van der Waals surface area contributed by atoms with Gasteiger partial charge >= 0.3 is 0 Å². The van der Waals surface area contributed by atoms with E-state index in [2.05, 4.69) is 15.5 Å². The highest BCUT2D eigenvalue weighted by Crippen LogP contribution is 2.30. The SMILES string of the molecule is NCC1(Nc2cccnn2)CCCCC1. The molecular weight excluding hydrogens is 188 g/mol. The molecule has 1 saturated carbocycles. The fourth-order valence-corrected chi connectivity index (χ4v) is 2.25. The van der Waals surface area contributed by atoms with Crippen LogP contribution in [0.15, 0.2) is 18.3 Å². The molecule has 1 aromatic rings. The summed E-state index contributed by atoms with van der Waals surface area (Å²) < 4.78 is 0. The fourth-order valence-electron chi connectivity index (χ4n) is 2.25. The van der Waals surface area contributed by atoms with Gasteiger partial charge in [-0.1, -0.05) is 19.3 Å². The summed E-state index contributed by atoms with van der Waals surface area (Å²) in [6.45, 7) is 0.670. The maximum atomic E-state index is 5.88. The molecule has 0 saturated heterocycles. The highest BCUT2D eigenvalue weighted by molar-refractivity contribution is 5.36. The van der Waals surface area contributed by atoms with Gasteiger partial charge in [0.05, 0.1) is 5.54 Å². The van der Waals surface area contributed by atoms with Crippen LogP contribution in [-0.2, 0) is 0 Å². The molecule has 82 valence electrons. The minimum atomic E-state index is 0.0499. The van der Waals surface area contributed by atoms with E-state index in [0.717, 1.165) is 18.7 Å². The number of anilines is 1. The minimum absolute atomic E-state index is 0.0499. The number of hydrogen-bond donors (Lipinski definition) is 2. The van der Waals surface area contributed by atoms with Crippen molar-refractivity contribution < 1.29 is 0 Å². The van der Waals surface area contributed by atoms with Crippen LogP contribution in [0.25, 0.3) is 0 Å². The van der Waals surface area contributed by atoms with Gasteiger partial charge < -0.3 is 11.1 Å². The molecule has 1 fully saturated rings. The van der Waals surface area contributed by atoms with Gasteiger partial charge in [-0.2, -0.15) is 5.10 Å². The average Bonchev–Trinajstić information content (AvgIpc) is 2.32. The van der Waals surface area contributed by atoms with Crippen LogP contribution in [0.5, 0.6) is 0 Å². The third kappa shape index (κ3) is 2.45. The number of rotatable bonds is 3. The van der Waals surface area contributed by atoms with E-state index in [9.17, 15) is 0 Å². The van der Waals surface area contributed by atoms with E-state index in [1.54, 1.807) is 6.20 Å². The molecule has 1 heterocycles. The molecule has 4 nitrogen and oxygen atoms in total. The molecule has 0 radical (unpaired) electrons. The summed E-state index contributed by atoms with van der Waals surface area (Å²) >= 11 is 0. The van der Waals surface area contributed by atoms with Crippen LogP contribution in [0.1, 0.15) is 32.1 Å². The van der Waals surface area contributed by atoms with E-state index >= 15 is 0 Å². The lowest BCUT2D eigenvalue weighted by Gasteiger charge is -2.37. The molecular formula is C11H18N4. The summed E-state index contributed by atoms with van der Waals surface area (Å²) in [5.74, 6) is 0.838. The molecule has 3 N–H and O–H groups in total. The monoisotopic (exact) mass is 206 g/mol. The molecule has 0 aliphatic heterocycles. The Morgan fingerprint density at radius 1 is 1.33 bits per heavy atom. The van der Waals surface area contributed by atoms with Crippen LogP contribution in [0, 0.1) is 0 Å². The second-order valence-corrected chi connectivity index (χ2v) is 4.28. The molecule has 0 unspecified atom stereocenters. The van der Waals surface area contributed by atoms with Gasteiger partial charge in [0.2, 0.25) is 0 Å². The lowest BCUT2D eigenvalue weighted by atomic mass is 9.82. The van der Waals surface area contributed by atoms with E-state index in [1.807, 2.05) is 12.1 Å². The maximum absolute atomic E-state index is 5.88. The Labute approximate surface area is 90.3 Å². The Morgan fingerprint density at radius 3 is 2.73 bits per heavy atom. The highest BCUT2D eigenvalue weighted by Gasteiger charge is 2.30. The van der Waals surface area contributed by atoms with Gasteiger partial charge in [-0.3, -0.25) is 0 Å². The molecule has 2 rings (SSSR count). The van der Waals surface area contributed by atoms with Gasteiger partial charge in [-0.15, -0.1) is 5.10 Å². The van der Waals surface area contributed by atoms with Crippen LogP contribution < -0.4 is 11.1 Å². The molecule has 4 heteroatoms. The first-order chi connectivity index (χ1) is 7.35. The lowest BCUT2D eigenvalue weighted by molar-refractivity contribution is 0.330. The minimum Gasteiger partial charge on any atom is -0.362 e. The predicted molar refractivity (Wildman–Crippen MR) is 60.5 cm³/mol. The Bertz CT molecular complexity index is 293. The van der Waals surface area contributed by atoms with Crippen molar-refractivity contribution in [3.63, 3.8) is 0 Å². The van der Waals surface area contributed by atoms with Crippen molar-refractivity contribution in [1.29, 1.82) is 0 Å². The van der Waals surface area contributed by atoms with E-state index in [1.165, 1.54) is 19.3 Å². The Hall–Kier alpha value is -1.16. The second-order valence-electron chi connectivity index (χ2n) is 4.28. The standard InChI is InChI=1S/C11H18N4/c12-9-11(6-2-1-3-7-11)14-10-5-4-8-13-15-10/h4-5,8H,1-3,6-7,9,12H2,(H,14,15). The summed E-state index contributed by atoms with van der Waals surface area (Å²) in [6, 6.07) is 3.83. The molecule has 1 aliphatic rings. The summed E-state index contributed by atoms with van der Waals surface area (Å²) in [5.41, 5.74) is 5.93. The van der Waals surface area contributed by atoms with Crippen LogP contribution in [0.4, 0.5) is 5.82 Å². The van der Waals surface area contributed by atoms with Crippen LogP contribution in [0.2, 0.25) is 0 Å². The molecule has 0 aromatic carbocycles. The maximum Gasteiger partial charge on any atom is 0.149 e. The first-order valence-electron chi connectivity index (χ1n) is 5.61. The summed E-state index contributed by atoms with van der Waals surface area (Å²) in [4.78, 5) is 0. The largest absolute Gasteiger partial charge is 0.362 e. The van der Waals surface area contributed by atoms with Gasteiger partial charge in [0.15, 0.2) is 0 Å². The third-order valence-corrected chi connectivity index (χ3v) is 3.17. The van der Waals surface area contributed by atoms with Crippen molar-refractivity contribution in [2.45, 2.75) is 37.6 Å². The zero-order chi connectivity index (χ0) is 10.6. The third-order valence-electron chi connectivity index (χ3n) is 3.17. The summed E-state index contributed by atoms with van der Waals surface area (Å²) in [6.07, 6.45) is 7.79. The predicted octanol–water partition coefficient (Wildman–Crippen LogP) is 1.55. The normalized spacial score (nSPS) is 19.8. The molecule has 1 aliphatic carbocycles. The Kier molecular flexibility index (Phi) is 3.16. The summed E-state index contributed by atoms with van der Waals surface area (Å²) in [5, 5.41) is 11.4. The Morgan fingerprint density at radius 2 is 2.13 bits per heavy atom. The molecule has 15 heavy (non-hydrogen) atoms. The van der Waals surface area contributed by atoms with Crippen molar-refractivity contribution >= 4 is 5.82 Å². The van der Waals surface area contributed by atoms with Crippen LogP contribution in [0.3, 0.4) is 0 Å². The number of nitrogens with one attached hydrogen (secondary N) is 1. The van der Waals surface area contributed by atoms with E-state index in [-0.39, 0.29) is 5.54 Å². The quantitative estimate of drug-likeness (QED) is 0.787. The van der Waals surface area contributed by atoms with Crippen molar-refractivity contribution in [3.05, 3.63) is 18.3 Å². The van der Waals surface area contributed by atoms with Crippen LogP contribution in [-0.4, -0.2) is 22.3 Å². The molecule has 0 spiro atoms. The van der Waals surface area contributed by atoms with Gasteiger partial charge in [0.1, 0.15) is 5.82 Å². The molecule has 0 bridgehead atoms. The van der Waals surface area contributed by atoms with Crippen LogP contribution >= 0.6 is 0 Å². The van der Waals surface area contributed by atoms with Crippen molar-refractivity contribution in [2.75, 3.05) is 11.9 Å². The van der Waals surface area contributed by atoms with E-state index in [4.69, 9.17) is 5.73 Å². The van der Waals surface area contributed by atoms with Gasteiger partial charge in [-0.25, -0.2) is 0 Å². The summed E-state index contributed by atoms with van der Waals surface area (Å²) in [7, 11) is 0. The number of hydrogen-bond acceptors (Lipinski definition) is 4. The van der Waals surface area contributed by atoms with E-state index in [0.29, 0.717) is 6.54 Å². The number of nitrogens with two attached hydrogens (primary N) is 1. The van der Waals surface area contributed by atoms with Crippen molar-refractivity contribution in [2.24, 2.45) is 5.73 Å². The highest BCUT2D eigenvalue weighted by atomic mass is 15.2. The smallest absolute Gasteiger partial charge is 0.149 e. The van der Waals surface area contributed by atoms with Crippen molar-refractivity contribution in [3.8, 4) is 0 Å². The van der Waals surface area contributed by atoms with Gasteiger partial charge in [0.25, 0.3) is 0 Å². The Balaban J connectivity index is 2.07. The topological polar surface area (TPSA) is 63.8 Å². The average molecular weight is 206 g/mol. The molecule has 1 aromatic heterocycles. The first kappa shape index (κ1) is 10.4. The van der Waals surface area contributed by atoms with E-state index < -0.39 is 0 Å². The number of nitrogens with zero attached hydrogens (tertiary/aromatic N) is 2. The van der Waals surface area contributed by atoms with Gasteiger partial charge in [0, 0.05) is 12.7 Å². The molecule has 0 amide bonds. The second kappa shape index (κ2) is 4.57.